The summed E-state index contributed by atoms with van der Waals surface area (Å²) in [6, 6.07) is 0. The standard InChI is InChI=1S/C13H23NO/c1-11(2)7-8-12(15)13(14(3)4)9-5-6-10-13/h1,5-10H2,2-4H3. The number of allylic oxidation sites excluding steroid dienone is 1. The number of carbonyl (C=O) groups excluding carboxylic acids is 1. The van der Waals surface area contributed by atoms with Crippen molar-refractivity contribution in [1.82, 2.24) is 4.90 Å². The van der Waals surface area contributed by atoms with Crippen molar-refractivity contribution in [2.75, 3.05) is 14.1 Å². The first-order valence-electron chi connectivity index (χ1n) is 5.84. The molecule has 15 heavy (non-hydrogen) atoms. The summed E-state index contributed by atoms with van der Waals surface area (Å²) in [7, 11) is 4.06. The summed E-state index contributed by atoms with van der Waals surface area (Å²) >= 11 is 0. The fraction of sp³-hybridized carbons (Fsp3) is 0.769. The van der Waals surface area contributed by atoms with Gasteiger partial charge in [-0.15, -0.1) is 6.58 Å². The molecule has 86 valence electrons. The summed E-state index contributed by atoms with van der Waals surface area (Å²) in [6.45, 7) is 5.85. The van der Waals surface area contributed by atoms with Crippen LogP contribution in [0, 0.1) is 0 Å². The van der Waals surface area contributed by atoms with E-state index in [4.69, 9.17) is 0 Å². The molecule has 0 radical (unpaired) electrons. The Morgan fingerprint density at radius 1 is 1.27 bits per heavy atom. The number of hydrogen-bond donors (Lipinski definition) is 0. The van der Waals surface area contributed by atoms with Crippen molar-refractivity contribution >= 4 is 5.78 Å². The normalized spacial score (nSPS) is 19.5. The lowest BCUT2D eigenvalue weighted by atomic mass is 9.87. The van der Waals surface area contributed by atoms with Gasteiger partial charge in [-0.25, -0.2) is 0 Å². The van der Waals surface area contributed by atoms with Crippen molar-refractivity contribution in [3.8, 4) is 0 Å². The predicted molar refractivity (Wildman–Crippen MR) is 63.9 cm³/mol. The molecule has 0 saturated heterocycles. The van der Waals surface area contributed by atoms with E-state index in [1.807, 2.05) is 21.0 Å². The molecule has 0 aromatic heterocycles. The zero-order valence-electron chi connectivity index (χ0n) is 10.3. The van der Waals surface area contributed by atoms with Crippen LogP contribution in [0.25, 0.3) is 0 Å². The highest BCUT2D eigenvalue weighted by Gasteiger charge is 2.41. The first-order valence-corrected chi connectivity index (χ1v) is 5.84. The molecule has 0 heterocycles. The SMILES string of the molecule is C=C(C)CCC(=O)C1(N(C)C)CCCC1. The minimum atomic E-state index is -0.157. The molecule has 2 nitrogen and oxygen atoms in total. The van der Waals surface area contributed by atoms with E-state index in [2.05, 4.69) is 11.5 Å². The average molecular weight is 209 g/mol. The molecule has 1 fully saturated rings. The molecular weight excluding hydrogens is 186 g/mol. The van der Waals surface area contributed by atoms with E-state index in [9.17, 15) is 4.79 Å². The summed E-state index contributed by atoms with van der Waals surface area (Å²) < 4.78 is 0. The molecule has 0 N–H and O–H groups in total. The Balaban J connectivity index is 2.64. The van der Waals surface area contributed by atoms with Crippen molar-refractivity contribution < 1.29 is 4.79 Å². The van der Waals surface area contributed by atoms with Crippen LogP contribution < -0.4 is 0 Å². The molecule has 1 saturated carbocycles. The highest BCUT2D eigenvalue weighted by Crippen LogP contribution is 2.35. The topological polar surface area (TPSA) is 20.3 Å². The van der Waals surface area contributed by atoms with Crippen LogP contribution in [-0.4, -0.2) is 30.3 Å². The van der Waals surface area contributed by atoms with Crippen molar-refractivity contribution in [3.63, 3.8) is 0 Å². The fourth-order valence-electron chi connectivity index (χ4n) is 2.49. The van der Waals surface area contributed by atoms with Gasteiger partial charge in [0.1, 0.15) is 0 Å². The summed E-state index contributed by atoms with van der Waals surface area (Å²) in [5, 5.41) is 0. The van der Waals surface area contributed by atoms with Gasteiger partial charge in [-0.1, -0.05) is 18.4 Å². The first-order chi connectivity index (χ1) is 6.99. The molecule has 0 aliphatic heterocycles. The lowest BCUT2D eigenvalue weighted by molar-refractivity contribution is -0.129. The molecule has 0 unspecified atom stereocenters. The lowest BCUT2D eigenvalue weighted by Crippen LogP contribution is -2.48. The monoisotopic (exact) mass is 209 g/mol. The molecule has 0 aromatic rings. The molecule has 0 aromatic carbocycles. The minimum absolute atomic E-state index is 0.157. The number of Topliss-reactive ketones (excluding diaryl/α,β-unsaturated/α-hetero) is 1. The minimum Gasteiger partial charge on any atom is -0.298 e. The highest BCUT2D eigenvalue weighted by atomic mass is 16.1. The van der Waals surface area contributed by atoms with Gasteiger partial charge < -0.3 is 0 Å². The molecule has 2 heteroatoms. The second-order valence-corrected chi connectivity index (χ2v) is 5.01. The number of rotatable bonds is 5. The molecule has 1 rings (SSSR count). The molecule has 0 bridgehead atoms. The third kappa shape index (κ3) is 2.69. The number of hydrogen-bond acceptors (Lipinski definition) is 2. The van der Waals surface area contributed by atoms with Gasteiger partial charge >= 0.3 is 0 Å². The number of carbonyl (C=O) groups is 1. The van der Waals surface area contributed by atoms with E-state index in [1.165, 1.54) is 12.8 Å². The zero-order chi connectivity index (χ0) is 11.5. The quantitative estimate of drug-likeness (QED) is 0.649. The lowest BCUT2D eigenvalue weighted by Gasteiger charge is -2.34. The number of ketones is 1. The van der Waals surface area contributed by atoms with Crippen LogP contribution in [0.1, 0.15) is 45.4 Å². The van der Waals surface area contributed by atoms with E-state index in [0.717, 1.165) is 24.8 Å². The Hall–Kier alpha value is -0.630. The highest BCUT2D eigenvalue weighted by molar-refractivity contribution is 5.88. The Bertz CT molecular complexity index is 249. The van der Waals surface area contributed by atoms with Gasteiger partial charge in [0, 0.05) is 6.42 Å². The molecular formula is C13H23NO. The van der Waals surface area contributed by atoms with Crippen LogP contribution >= 0.6 is 0 Å². The molecule has 1 aliphatic rings. The fourth-order valence-corrected chi connectivity index (χ4v) is 2.49. The zero-order valence-corrected chi connectivity index (χ0v) is 10.3. The van der Waals surface area contributed by atoms with Crippen LogP contribution in [-0.2, 0) is 4.79 Å². The van der Waals surface area contributed by atoms with Gasteiger partial charge in [0.05, 0.1) is 5.54 Å². The van der Waals surface area contributed by atoms with Crippen molar-refractivity contribution in [2.45, 2.75) is 51.0 Å². The molecule has 0 atom stereocenters. The second kappa shape index (κ2) is 4.93. The maximum atomic E-state index is 12.2. The van der Waals surface area contributed by atoms with Gasteiger partial charge in [0.15, 0.2) is 5.78 Å². The van der Waals surface area contributed by atoms with Crippen LogP contribution in [0.15, 0.2) is 12.2 Å². The van der Waals surface area contributed by atoms with E-state index >= 15 is 0 Å². The van der Waals surface area contributed by atoms with Crippen LogP contribution in [0.5, 0.6) is 0 Å². The van der Waals surface area contributed by atoms with Crippen molar-refractivity contribution in [3.05, 3.63) is 12.2 Å². The van der Waals surface area contributed by atoms with Gasteiger partial charge in [0.25, 0.3) is 0 Å². The maximum absolute atomic E-state index is 12.2. The predicted octanol–water partition coefficient (Wildman–Crippen LogP) is 2.79. The Morgan fingerprint density at radius 3 is 2.20 bits per heavy atom. The van der Waals surface area contributed by atoms with Gasteiger partial charge in [-0.3, -0.25) is 9.69 Å². The average Bonchev–Trinajstić information content (AvgIpc) is 2.63. The Labute approximate surface area is 93.3 Å². The summed E-state index contributed by atoms with van der Waals surface area (Å²) in [5.41, 5.74) is 0.949. The van der Waals surface area contributed by atoms with Crippen molar-refractivity contribution in [1.29, 1.82) is 0 Å². The van der Waals surface area contributed by atoms with Gasteiger partial charge in [-0.05, 0) is 40.3 Å². The largest absolute Gasteiger partial charge is 0.298 e. The molecule has 0 spiro atoms. The van der Waals surface area contributed by atoms with E-state index in [-0.39, 0.29) is 5.54 Å². The maximum Gasteiger partial charge on any atom is 0.153 e. The van der Waals surface area contributed by atoms with Crippen molar-refractivity contribution in [2.24, 2.45) is 0 Å². The summed E-state index contributed by atoms with van der Waals surface area (Å²) in [4.78, 5) is 14.4. The smallest absolute Gasteiger partial charge is 0.153 e. The van der Waals surface area contributed by atoms with Crippen LogP contribution in [0.4, 0.5) is 0 Å². The van der Waals surface area contributed by atoms with E-state index in [1.54, 1.807) is 0 Å². The summed E-state index contributed by atoms with van der Waals surface area (Å²) in [6.07, 6.45) is 5.96. The first kappa shape index (κ1) is 12.4. The summed E-state index contributed by atoms with van der Waals surface area (Å²) in [5.74, 6) is 0.410. The Kier molecular flexibility index (Phi) is 4.09. The Morgan fingerprint density at radius 2 is 1.80 bits per heavy atom. The van der Waals surface area contributed by atoms with E-state index < -0.39 is 0 Å². The van der Waals surface area contributed by atoms with Gasteiger partial charge in [-0.2, -0.15) is 0 Å². The number of likely N-dealkylation sites (N-methyl/N-ethyl adjacent to an activating group) is 1. The molecule has 1 aliphatic carbocycles. The van der Waals surface area contributed by atoms with E-state index in [0.29, 0.717) is 12.2 Å². The van der Waals surface area contributed by atoms with Gasteiger partial charge in [0.2, 0.25) is 0 Å². The van der Waals surface area contributed by atoms with Crippen LogP contribution in [0.3, 0.4) is 0 Å². The van der Waals surface area contributed by atoms with Crippen LogP contribution in [0.2, 0.25) is 0 Å². The second-order valence-electron chi connectivity index (χ2n) is 5.01. The third-order valence-electron chi connectivity index (χ3n) is 3.58. The third-order valence-corrected chi connectivity index (χ3v) is 3.58. The number of nitrogens with zero attached hydrogens (tertiary/aromatic N) is 1. The molecule has 0 amide bonds.